The minimum atomic E-state index is -0.192. The summed E-state index contributed by atoms with van der Waals surface area (Å²) >= 11 is 0. The van der Waals surface area contributed by atoms with Crippen molar-refractivity contribution in [2.75, 3.05) is 33.5 Å². The van der Waals surface area contributed by atoms with Gasteiger partial charge in [0.15, 0.2) is 11.5 Å². The van der Waals surface area contributed by atoms with E-state index < -0.39 is 0 Å². The smallest absolute Gasteiger partial charge is 0.252 e. The SMILES string of the molecule is COCCOc1ccc(CNC(=O)c2cc(-c3ccc4c(c3)OCCO4)nc3ccccc23)cn1. The van der Waals surface area contributed by atoms with Crippen LogP contribution in [0.15, 0.2) is 66.9 Å². The molecule has 0 saturated carbocycles. The van der Waals surface area contributed by atoms with E-state index in [2.05, 4.69) is 10.3 Å². The zero-order chi connectivity index (χ0) is 24.0. The first-order chi connectivity index (χ1) is 17.2. The molecule has 0 saturated heterocycles. The maximum absolute atomic E-state index is 13.2. The summed E-state index contributed by atoms with van der Waals surface area (Å²) < 4.78 is 21.8. The number of fused-ring (bicyclic) bond motifs is 2. The number of hydrogen-bond acceptors (Lipinski definition) is 7. The number of pyridine rings is 2. The molecule has 8 nitrogen and oxygen atoms in total. The minimum Gasteiger partial charge on any atom is -0.486 e. The molecule has 0 unspecified atom stereocenters. The van der Waals surface area contributed by atoms with Gasteiger partial charge in [0, 0.05) is 36.9 Å². The molecule has 3 heterocycles. The standard InChI is InChI=1S/C27H25N3O5/c1-32-10-11-35-26-9-6-18(16-28-26)17-29-27(31)21-15-23(30-22-5-3-2-4-20(21)22)19-7-8-24-25(14-19)34-13-12-33-24/h2-9,14-16H,10-13,17H2,1H3,(H,29,31). The first kappa shape index (κ1) is 22.6. The quantitative estimate of drug-likeness (QED) is 0.388. The van der Waals surface area contributed by atoms with Crippen LogP contribution in [0.3, 0.4) is 0 Å². The van der Waals surface area contributed by atoms with Gasteiger partial charge in [0.05, 0.1) is 23.4 Å². The van der Waals surface area contributed by atoms with Crippen molar-refractivity contribution in [3.63, 3.8) is 0 Å². The lowest BCUT2D eigenvalue weighted by atomic mass is 10.0. The maximum Gasteiger partial charge on any atom is 0.252 e. The van der Waals surface area contributed by atoms with Crippen LogP contribution in [0.1, 0.15) is 15.9 Å². The molecule has 0 bridgehead atoms. The molecular weight excluding hydrogens is 446 g/mol. The van der Waals surface area contributed by atoms with Crippen molar-refractivity contribution in [3.05, 3.63) is 78.0 Å². The highest BCUT2D eigenvalue weighted by Crippen LogP contribution is 2.35. The fraction of sp³-hybridized carbons (Fsp3) is 0.222. The van der Waals surface area contributed by atoms with Gasteiger partial charge in [-0.05, 0) is 35.9 Å². The molecule has 0 radical (unpaired) electrons. The van der Waals surface area contributed by atoms with Crippen molar-refractivity contribution in [2.45, 2.75) is 6.54 Å². The average Bonchev–Trinajstić information content (AvgIpc) is 2.91. The van der Waals surface area contributed by atoms with Gasteiger partial charge in [-0.25, -0.2) is 9.97 Å². The maximum atomic E-state index is 13.2. The molecule has 0 aliphatic carbocycles. The molecule has 35 heavy (non-hydrogen) atoms. The van der Waals surface area contributed by atoms with Gasteiger partial charge in [-0.1, -0.05) is 24.3 Å². The summed E-state index contributed by atoms with van der Waals surface area (Å²) in [6.45, 7) is 2.29. The van der Waals surface area contributed by atoms with Crippen molar-refractivity contribution in [3.8, 4) is 28.6 Å². The fourth-order valence-corrected chi connectivity index (χ4v) is 3.82. The number of nitrogens with one attached hydrogen (secondary N) is 1. The highest BCUT2D eigenvalue weighted by molar-refractivity contribution is 6.07. The van der Waals surface area contributed by atoms with Crippen LogP contribution in [0.25, 0.3) is 22.2 Å². The van der Waals surface area contributed by atoms with E-state index in [4.69, 9.17) is 23.9 Å². The number of rotatable bonds is 8. The highest BCUT2D eigenvalue weighted by Gasteiger charge is 2.17. The molecule has 2 aromatic heterocycles. The minimum absolute atomic E-state index is 0.192. The van der Waals surface area contributed by atoms with Crippen molar-refractivity contribution in [1.82, 2.24) is 15.3 Å². The van der Waals surface area contributed by atoms with Gasteiger partial charge in [-0.3, -0.25) is 4.79 Å². The fourth-order valence-electron chi connectivity index (χ4n) is 3.82. The molecule has 5 rings (SSSR count). The summed E-state index contributed by atoms with van der Waals surface area (Å²) in [7, 11) is 1.62. The van der Waals surface area contributed by atoms with Gasteiger partial charge in [0.25, 0.3) is 5.91 Å². The van der Waals surface area contributed by atoms with Gasteiger partial charge in [-0.15, -0.1) is 0 Å². The van der Waals surface area contributed by atoms with E-state index in [1.54, 1.807) is 19.4 Å². The molecule has 1 amide bonds. The van der Waals surface area contributed by atoms with Gasteiger partial charge in [0.2, 0.25) is 5.88 Å². The highest BCUT2D eigenvalue weighted by atomic mass is 16.6. The van der Waals surface area contributed by atoms with Crippen molar-refractivity contribution in [2.24, 2.45) is 0 Å². The Hall–Kier alpha value is -4.17. The van der Waals surface area contributed by atoms with Crippen LogP contribution >= 0.6 is 0 Å². The summed E-state index contributed by atoms with van der Waals surface area (Å²) in [4.78, 5) is 22.3. The topological polar surface area (TPSA) is 91.8 Å². The van der Waals surface area contributed by atoms with E-state index in [0.717, 1.165) is 22.0 Å². The number of aromatic nitrogens is 2. The van der Waals surface area contributed by atoms with Crippen molar-refractivity contribution in [1.29, 1.82) is 0 Å². The number of methoxy groups -OCH3 is 1. The molecule has 0 atom stereocenters. The molecule has 4 aromatic rings. The van der Waals surface area contributed by atoms with Crippen LogP contribution in [0.4, 0.5) is 0 Å². The number of carbonyl (C=O) groups excluding carboxylic acids is 1. The van der Waals surface area contributed by atoms with E-state index in [1.807, 2.05) is 54.6 Å². The van der Waals surface area contributed by atoms with E-state index in [9.17, 15) is 4.79 Å². The molecule has 178 valence electrons. The first-order valence-corrected chi connectivity index (χ1v) is 11.4. The van der Waals surface area contributed by atoms with Crippen LogP contribution < -0.4 is 19.5 Å². The Morgan fingerprint density at radius 1 is 1.00 bits per heavy atom. The number of amides is 1. The third-order valence-corrected chi connectivity index (χ3v) is 5.59. The van der Waals surface area contributed by atoms with Crippen LogP contribution in [0.5, 0.6) is 17.4 Å². The van der Waals surface area contributed by atoms with Gasteiger partial charge >= 0.3 is 0 Å². The number of hydrogen-bond donors (Lipinski definition) is 1. The lowest BCUT2D eigenvalue weighted by Crippen LogP contribution is -2.23. The van der Waals surface area contributed by atoms with Crippen LogP contribution in [-0.4, -0.2) is 49.4 Å². The summed E-state index contributed by atoms with van der Waals surface area (Å²) in [6.07, 6.45) is 1.69. The monoisotopic (exact) mass is 471 g/mol. The van der Waals surface area contributed by atoms with Gasteiger partial charge in [0.1, 0.15) is 19.8 Å². The second kappa shape index (κ2) is 10.4. The van der Waals surface area contributed by atoms with E-state index >= 15 is 0 Å². The average molecular weight is 472 g/mol. The Morgan fingerprint density at radius 2 is 1.86 bits per heavy atom. The Kier molecular flexibility index (Phi) is 6.72. The normalized spacial score (nSPS) is 12.4. The Morgan fingerprint density at radius 3 is 2.69 bits per heavy atom. The van der Waals surface area contributed by atoms with E-state index in [0.29, 0.717) is 61.6 Å². The molecule has 8 heteroatoms. The number of para-hydroxylation sites is 1. The number of nitrogens with zero attached hydrogens (tertiary/aromatic N) is 2. The van der Waals surface area contributed by atoms with Crippen molar-refractivity contribution < 1.29 is 23.7 Å². The van der Waals surface area contributed by atoms with Crippen molar-refractivity contribution >= 4 is 16.8 Å². The number of carbonyl (C=O) groups is 1. The summed E-state index contributed by atoms with van der Waals surface area (Å²) in [6, 6.07) is 18.8. The molecule has 0 fully saturated rings. The Labute approximate surface area is 202 Å². The lowest BCUT2D eigenvalue weighted by molar-refractivity contribution is 0.0952. The largest absolute Gasteiger partial charge is 0.486 e. The summed E-state index contributed by atoms with van der Waals surface area (Å²) in [5.74, 6) is 1.71. The van der Waals surface area contributed by atoms with Crippen LogP contribution in [0, 0.1) is 0 Å². The molecule has 1 N–H and O–H groups in total. The second-order valence-electron chi connectivity index (χ2n) is 7.96. The summed E-state index contributed by atoms with van der Waals surface area (Å²) in [5.41, 5.74) is 3.69. The third kappa shape index (κ3) is 5.17. The predicted molar refractivity (Wildman–Crippen MR) is 131 cm³/mol. The van der Waals surface area contributed by atoms with Gasteiger partial charge in [-0.2, -0.15) is 0 Å². The Balaban J connectivity index is 1.37. The van der Waals surface area contributed by atoms with E-state index in [-0.39, 0.29) is 5.91 Å². The van der Waals surface area contributed by atoms with Crippen LogP contribution in [-0.2, 0) is 11.3 Å². The lowest BCUT2D eigenvalue weighted by Gasteiger charge is -2.19. The molecule has 0 spiro atoms. The summed E-state index contributed by atoms with van der Waals surface area (Å²) in [5, 5.41) is 3.78. The zero-order valence-electron chi connectivity index (χ0n) is 19.3. The molecule has 1 aliphatic heterocycles. The predicted octanol–water partition coefficient (Wildman–Crippen LogP) is 4.02. The van der Waals surface area contributed by atoms with E-state index in [1.165, 1.54) is 0 Å². The third-order valence-electron chi connectivity index (χ3n) is 5.59. The Bertz CT molecular complexity index is 1340. The molecular formula is C27H25N3O5. The molecule has 2 aromatic carbocycles. The zero-order valence-corrected chi connectivity index (χ0v) is 19.3. The first-order valence-electron chi connectivity index (χ1n) is 11.4. The number of benzene rings is 2. The second-order valence-corrected chi connectivity index (χ2v) is 7.96. The molecule has 1 aliphatic rings. The van der Waals surface area contributed by atoms with Crippen LogP contribution in [0.2, 0.25) is 0 Å². The number of ether oxygens (including phenoxy) is 4. The van der Waals surface area contributed by atoms with Gasteiger partial charge < -0.3 is 24.3 Å².